The molecule has 150 valence electrons. The number of ether oxygens (including phenoxy) is 1. The Morgan fingerprint density at radius 2 is 1.79 bits per heavy atom. The van der Waals surface area contributed by atoms with Crippen molar-refractivity contribution in [1.29, 1.82) is 0 Å². The molecule has 2 aromatic carbocycles. The van der Waals surface area contributed by atoms with Crippen LogP contribution in [0.3, 0.4) is 0 Å². The molecule has 0 atom stereocenters. The van der Waals surface area contributed by atoms with Gasteiger partial charge in [0.2, 0.25) is 5.91 Å². The number of amides is 1. The van der Waals surface area contributed by atoms with Crippen molar-refractivity contribution in [2.24, 2.45) is 0 Å². The first kappa shape index (κ1) is 19.5. The van der Waals surface area contributed by atoms with Crippen LogP contribution in [0, 0.1) is 6.92 Å². The number of piperazine rings is 1. The third kappa shape index (κ3) is 4.46. The normalized spacial score (nSPS) is 14.3. The Balaban J connectivity index is 1.31. The first-order chi connectivity index (χ1) is 14.1. The maximum Gasteiger partial charge on any atom is 0.226 e. The number of halogens is 1. The lowest BCUT2D eigenvalue weighted by molar-refractivity contribution is -0.132. The molecule has 1 aliphatic heterocycles. The quantitative estimate of drug-likeness (QED) is 0.629. The van der Waals surface area contributed by atoms with Gasteiger partial charge < -0.3 is 14.5 Å². The van der Waals surface area contributed by atoms with Gasteiger partial charge in [-0.1, -0.05) is 41.9 Å². The Labute approximate surface area is 175 Å². The average Bonchev–Trinajstić information content (AvgIpc) is 2.75. The number of pyridine rings is 1. The topological polar surface area (TPSA) is 45.7 Å². The summed E-state index contributed by atoms with van der Waals surface area (Å²) >= 11 is 6.08. The van der Waals surface area contributed by atoms with Gasteiger partial charge in [-0.2, -0.15) is 0 Å². The number of para-hydroxylation sites is 2. The fourth-order valence-electron chi connectivity index (χ4n) is 3.65. The lowest BCUT2D eigenvalue weighted by Crippen LogP contribution is -2.49. The number of rotatable bonds is 5. The van der Waals surface area contributed by atoms with Crippen molar-refractivity contribution in [2.45, 2.75) is 13.3 Å². The molecule has 0 aliphatic carbocycles. The van der Waals surface area contributed by atoms with E-state index < -0.39 is 0 Å². The van der Waals surface area contributed by atoms with Crippen LogP contribution >= 0.6 is 11.6 Å². The molecule has 1 aliphatic rings. The summed E-state index contributed by atoms with van der Waals surface area (Å²) in [6, 6.07) is 17.6. The van der Waals surface area contributed by atoms with Gasteiger partial charge in [-0.05, 0) is 36.8 Å². The van der Waals surface area contributed by atoms with Crippen LogP contribution in [0.4, 0.5) is 5.82 Å². The molecule has 6 heteroatoms. The van der Waals surface area contributed by atoms with Crippen LogP contribution in [0.1, 0.15) is 12.0 Å². The van der Waals surface area contributed by atoms with Gasteiger partial charge in [-0.25, -0.2) is 4.98 Å². The van der Waals surface area contributed by atoms with Gasteiger partial charge in [0, 0.05) is 31.6 Å². The van der Waals surface area contributed by atoms with Gasteiger partial charge in [0.25, 0.3) is 0 Å². The van der Waals surface area contributed by atoms with Crippen LogP contribution in [0.25, 0.3) is 10.9 Å². The molecular formula is C23H24ClN3O2. The molecule has 5 nitrogen and oxygen atoms in total. The molecule has 1 fully saturated rings. The maximum absolute atomic E-state index is 12.5. The van der Waals surface area contributed by atoms with E-state index >= 15 is 0 Å². The summed E-state index contributed by atoms with van der Waals surface area (Å²) in [5.41, 5.74) is 2.23. The molecule has 4 rings (SSSR count). The molecule has 1 aromatic heterocycles. The number of nitrogens with zero attached hydrogens (tertiary/aromatic N) is 3. The number of hydrogen-bond acceptors (Lipinski definition) is 4. The highest BCUT2D eigenvalue weighted by Gasteiger charge is 2.22. The summed E-state index contributed by atoms with van der Waals surface area (Å²) in [5.74, 6) is 1.71. The molecule has 0 spiro atoms. The number of aromatic nitrogens is 1. The predicted molar refractivity (Wildman–Crippen MR) is 117 cm³/mol. The molecule has 0 unspecified atom stereocenters. The Hall–Kier alpha value is -2.79. The zero-order valence-electron chi connectivity index (χ0n) is 16.5. The molecule has 0 N–H and O–H groups in total. The van der Waals surface area contributed by atoms with Crippen molar-refractivity contribution in [1.82, 2.24) is 9.88 Å². The smallest absolute Gasteiger partial charge is 0.226 e. The van der Waals surface area contributed by atoms with Crippen LogP contribution in [-0.2, 0) is 4.79 Å². The van der Waals surface area contributed by atoms with E-state index in [4.69, 9.17) is 21.3 Å². The first-order valence-electron chi connectivity index (χ1n) is 9.88. The molecule has 1 amide bonds. The second-order valence-electron chi connectivity index (χ2n) is 7.21. The zero-order chi connectivity index (χ0) is 20.2. The Bertz CT molecular complexity index is 1020. The molecule has 0 saturated carbocycles. The summed E-state index contributed by atoms with van der Waals surface area (Å²) in [4.78, 5) is 21.5. The number of hydrogen-bond donors (Lipinski definition) is 0. The van der Waals surface area contributed by atoms with Crippen LogP contribution in [0.15, 0.2) is 54.6 Å². The third-order valence-corrected chi connectivity index (χ3v) is 5.59. The van der Waals surface area contributed by atoms with Crippen LogP contribution in [-0.4, -0.2) is 48.6 Å². The molecule has 3 aromatic rings. The summed E-state index contributed by atoms with van der Waals surface area (Å²) in [5, 5.41) is 1.75. The number of aryl methyl sites for hydroxylation is 1. The van der Waals surface area contributed by atoms with E-state index in [1.54, 1.807) is 6.07 Å². The van der Waals surface area contributed by atoms with E-state index in [0.29, 0.717) is 36.9 Å². The van der Waals surface area contributed by atoms with Crippen molar-refractivity contribution in [3.63, 3.8) is 0 Å². The Kier molecular flexibility index (Phi) is 5.86. The third-order valence-electron chi connectivity index (χ3n) is 5.28. The number of carbonyl (C=O) groups excluding carboxylic acids is 1. The lowest BCUT2D eigenvalue weighted by Gasteiger charge is -2.35. The molecule has 0 radical (unpaired) electrons. The van der Waals surface area contributed by atoms with Gasteiger partial charge in [0.05, 0.1) is 23.6 Å². The Morgan fingerprint density at radius 3 is 2.59 bits per heavy atom. The Morgan fingerprint density at radius 1 is 1.07 bits per heavy atom. The van der Waals surface area contributed by atoms with Crippen molar-refractivity contribution in [3.8, 4) is 5.75 Å². The maximum atomic E-state index is 12.5. The van der Waals surface area contributed by atoms with E-state index in [2.05, 4.69) is 24.0 Å². The van der Waals surface area contributed by atoms with E-state index in [9.17, 15) is 4.79 Å². The summed E-state index contributed by atoms with van der Waals surface area (Å²) in [6.07, 6.45) is 0.346. The number of fused-ring (bicyclic) bond motifs is 1. The SMILES string of the molecule is Cc1cc(N2CCN(C(=O)CCOc3ccccc3Cl)CC2)nc2ccccc12. The monoisotopic (exact) mass is 409 g/mol. The highest BCUT2D eigenvalue weighted by molar-refractivity contribution is 6.32. The van der Waals surface area contributed by atoms with E-state index in [-0.39, 0.29) is 5.91 Å². The van der Waals surface area contributed by atoms with Crippen molar-refractivity contribution >= 4 is 34.2 Å². The van der Waals surface area contributed by atoms with Crippen molar-refractivity contribution in [2.75, 3.05) is 37.7 Å². The fraction of sp³-hybridized carbons (Fsp3) is 0.304. The van der Waals surface area contributed by atoms with Gasteiger partial charge in [-0.3, -0.25) is 4.79 Å². The number of benzene rings is 2. The number of anilines is 1. The van der Waals surface area contributed by atoms with Crippen LogP contribution in [0.2, 0.25) is 5.02 Å². The molecule has 29 heavy (non-hydrogen) atoms. The predicted octanol–water partition coefficient (Wildman–Crippen LogP) is 4.31. The fourth-order valence-corrected chi connectivity index (χ4v) is 3.84. The summed E-state index contributed by atoms with van der Waals surface area (Å²) in [7, 11) is 0. The van der Waals surface area contributed by atoms with Gasteiger partial charge in [0.1, 0.15) is 11.6 Å². The van der Waals surface area contributed by atoms with Crippen LogP contribution < -0.4 is 9.64 Å². The molecule has 2 heterocycles. The largest absolute Gasteiger partial charge is 0.491 e. The van der Waals surface area contributed by atoms with Gasteiger partial charge in [0.15, 0.2) is 0 Å². The number of carbonyl (C=O) groups is 1. The minimum atomic E-state index is 0.111. The minimum Gasteiger partial charge on any atom is -0.491 e. The minimum absolute atomic E-state index is 0.111. The van der Waals surface area contributed by atoms with E-state index in [1.807, 2.05) is 41.3 Å². The standard InChI is InChI=1S/C23H24ClN3O2/c1-17-16-22(25-20-8-4-2-6-18(17)20)26-11-13-27(14-12-26)23(28)10-15-29-21-9-5-3-7-19(21)24/h2-9,16H,10-15H2,1H3. The lowest BCUT2D eigenvalue weighted by atomic mass is 10.1. The molecule has 1 saturated heterocycles. The van der Waals surface area contributed by atoms with Crippen molar-refractivity contribution in [3.05, 3.63) is 65.2 Å². The molecule has 0 bridgehead atoms. The second-order valence-corrected chi connectivity index (χ2v) is 7.62. The summed E-state index contributed by atoms with van der Waals surface area (Å²) in [6.45, 7) is 5.39. The average molecular weight is 410 g/mol. The second kappa shape index (κ2) is 8.70. The van der Waals surface area contributed by atoms with Gasteiger partial charge in [-0.15, -0.1) is 0 Å². The van der Waals surface area contributed by atoms with Crippen molar-refractivity contribution < 1.29 is 9.53 Å². The van der Waals surface area contributed by atoms with E-state index in [1.165, 1.54) is 10.9 Å². The van der Waals surface area contributed by atoms with Gasteiger partial charge >= 0.3 is 0 Å². The highest BCUT2D eigenvalue weighted by Crippen LogP contribution is 2.24. The zero-order valence-corrected chi connectivity index (χ0v) is 17.2. The molecular weight excluding hydrogens is 386 g/mol. The van der Waals surface area contributed by atoms with Crippen LogP contribution in [0.5, 0.6) is 5.75 Å². The highest BCUT2D eigenvalue weighted by atomic mass is 35.5. The van der Waals surface area contributed by atoms with E-state index in [0.717, 1.165) is 24.4 Å². The first-order valence-corrected chi connectivity index (χ1v) is 10.3. The summed E-state index contributed by atoms with van der Waals surface area (Å²) < 4.78 is 5.64.